The highest BCUT2D eigenvalue weighted by molar-refractivity contribution is 7.19. The van der Waals surface area contributed by atoms with E-state index in [-0.39, 0.29) is 0 Å². The number of anilines is 3. The average molecular weight is 808 g/mol. The van der Waals surface area contributed by atoms with Crippen LogP contribution in [0.2, 0.25) is 0 Å². The van der Waals surface area contributed by atoms with Gasteiger partial charge in [0.05, 0.1) is 5.69 Å². The summed E-state index contributed by atoms with van der Waals surface area (Å²) in [6.07, 6.45) is 0. The molecule has 0 unspecified atom stereocenters. The highest BCUT2D eigenvalue weighted by Crippen LogP contribution is 2.43. The van der Waals surface area contributed by atoms with Gasteiger partial charge >= 0.3 is 0 Å². The molecule has 1 nitrogen and oxygen atoms in total. The Kier molecular flexibility index (Phi) is 10.8. The number of benzene rings is 10. The molecule has 0 aliphatic heterocycles. The normalized spacial score (nSPS) is 11.2. The first-order valence-electron chi connectivity index (χ1n) is 21.3. The monoisotopic (exact) mass is 807 g/mol. The second-order valence-corrected chi connectivity index (χ2v) is 19.5. The van der Waals surface area contributed by atoms with Gasteiger partial charge in [0.2, 0.25) is 0 Å². The van der Waals surface area contributed by atoms with E-state index in [1.807, 2.05) is 0 Å². The average Bonchev–Trinajstić information content (AvgIpc) is 3.37. The smallest absolute Gasteiger partial charge is 0.179 e. The number of nitrogens with zero attached hydrogens (tertiary/aromatic N) is 1. The summed E-state index contributed by atoms with van der Waals surface area (Å²) in [6, 6.07) is 99.7. The molecule has 0 spiro atoms. The molecule has 0 saturated carbocycles. The van der Waals surface area contributed by atoms with Crippen molar-refractivity contribution in [3.8, 4) is 44.5 Å². The van der Waals surface area contributed by atoms with Crippen LogP contribution in [0.5, 0.6) is 0 Å². The SMILES string of the molecule is c1ccc(-c2ccc(N(c3ccc(-c4ccc([Si](c5ccccc5)(c5ccccc5)c5ccccc5)cc4)cc3)c3ccc(-c4ccccc4)cc3-c3ccccc3)cc2)cc1. The lowest BCUT2D eigenvalue weighted by molar-refractivity contribution is 1.28. The largest absolute Gasteiger partial charge is 0.310 e. The third kappa shape index (κ3) is 7.49. The zero-order valence-electron chi connectivity index (χ0n) is 34.4. The molecule has 10 aromatic rings. The van der Waals surface area contributed by atoms with Gasteiger partial charge in [-0.1, -0.05) is 237 Å². The van der Waals surface area contributed by atoms with E-state index in [0.717, 1.165) is 17.1 Å². The van der Waals surface area contributed by atoms with Crippen molar-refractivity contribution in [2.24, 2.45) is 0 Å². The molecule has 0 atom stereocenters. The molecule has 294 valence electrons. The topological polar surface area (TPSA) is 3.24 Å². The van der Waals surface area contributed by atoms with Gasteiger partial charge in [-0.3, -0.25) is 0 Å². The standard InChI is InChI=1S/C60H45NSi/c1-7-19-46(20-8-1)48-31-38-53(39-32-48)61(60-44-37-52(47-21-9-2-10-22-47)45-59(60)51-23-11-3-12-24-51)54-40-33-49(34-41-54)50-35-42-58(43-36-50)62(55-25-13-4-14-26-55,56-27-15-5-16-28-56)57-29-17-6-18-30-57/h1-45H. The van der Waals surface area contributed by atoms with Crippen molar-refractivity contribution in [2.75, 3.05) is 4.90 Å². The molecular formula is C60H45NSi. The van der Waals surface area contributed by atoms with E-state index in [4.69, 9.17) is 0 Å². The zero-order chi connectivity index (χ0) is 41.6. The first-order chi connectivity index (χ1) is 30.8. The Bertz CT molecular complexity index is 2890. The van der Waals surface area contributed by atoms with Gasteiger partial charge in [0, 0.05) is 16.9 Å². The van der Waals surface area contributed by atoms with E-state index in [0.29, 0.717) is 0 Å². The minimum atomic E-state index is -2.61. The molecule has 0 aromatic heterocycles. The van der Waals surface area contributed by atoms with Gasteiger partial charge in [-0.25, -0.2) is 0 Å². The quantitative estimate of drug-likeness (QED) is 0.0929. The summed E-state index contributed by atoms with van der Waals surface area (Å²) in [7, 11) is -2.61. The molecule has 2 heteroatoms. The van der Waals surface area contributed by atoms with Crippen molar-refractivity contribution in [1.29, 1.82) is 0 Å². The van der Waals surface area contributed by atoms with Crippen LogP contribution >= 0.6 is 0 Å². The summed E-state index contributed by atoms with van der Waals surface area (Å²) >= 11 is 0. The number of hydrogen-bond acceptors (Lipinski definition) is 1. The zero-order valence-corrected chi connectivity index (χ0v) is 35.4. The summed E-state index contributed by atoms with van der Waals surface area (Å²) in [5.74, 6) is 0. The van der Waals surface area contributed by atoms with Crippen LogP contribution in [0.3, 0.4) is 0 Å². The third-order valence-corrected chi connectivity index (χ3v) is 16.9. The van der Waals surface area contributed by atoms with Crippen molar-refractivity contribution in [2.45, 2.75) is 0 Å². The van der Waals surface area contributed by atoms with Crippen LogP contribution in [-0.2, 0) is 0 Å². The summed E-state index contributed by atoms with van der Waals surface area (Å²) < 4.78 is 0. The summed E-state index contributed by atoms with van der Waals surface area (Å²) in [5, 5.41) is 5.48. The maximum atomic E-state index is 2.40. The van der Waals surface area contributed by atoms with Crippen molar-refractivity contribution in [3.05, 3.63) is 273 Å². The van der Waals surface area contributed by atoms with Crippen molar-refractivity contribution < 1.29 is 0 Å². The summed E-state index contributed by atoms with van der Waals surface area (Å²) in [6.45, 7) is 0. The third-order valence-electron chi connectivity index (χ3n) is 12.1. The number of rotatable bonds is 11. The summed E-state index contributed by atoms with van der Waals surface area (Å²) in [5.41, 5.74) is 12.8. The van der Waals surface area contributed by atoms with Crippen molar-refractivity contribution in [3.63, 3.8) is 0 Å². The minimum Gasteiger partial charge on any atom is -0.310 e. The van der Waals surface area contributed by atoms with E-state index in [1.54, 1.807) is 0 Å². The number of hydrogen-bond donors (Lipinski definition) is 0. The molecule has 0 N–H and O–H groups in total. The van der Waals surface area contributed by atoms with E-state index in [1.165, 1.54) is 65.3 Å². The van der Waals surface area contributed by atoms with E-state index >= 15 is 0 Å². The van der Waals surface area contributed by atoms with Gasteiger partial charge < -0.3 is 4.90 Å². The van der Waals surface area contributed by atoms with Crippen LogP contribution in [0.15, 0.2) is 273 Å². The van der Waals surface area contributed by atoms with E-state index < -0.39 is 8.07 Å². The van der Waals surface area contributed by atoms with Gasteiger partial charge in [-0.2, -0.15) is 0 Å². The van der Waals surface area contributed by atoms with Crippen LogP contribution in [-0.4, -0.2) is 8.07 Å². The first kappa shape index (κ1) is 38.4. The van der Waals surface area contributed by atoms with Gasteiger partial charge in [0.15, 0.2) is 8.07 Å². The molecule has 0 heterocycles. The Hall–Kier alpha value is -7.78. The Labute approximate surface area is 366 Å². The maximum absolute atomic E-state index is 2.61. The Morgan fingerprint density at radius 3 is 0.919 bits per heavy atom. The second kappa shape index (κ2) is 17.4. The van der Waals surface area contributed by atoms with Gasteiger partial charge in [-0.05, 0) is 96.1 Å². The fourth-order valence-electron chi connectivity index (χ4n) is 9.03. The predicted molar refractivity (Wildman–Crippen MR) is 266 cm³/mol. The Morgan fingerprint density at radius 2 is 0.516 bits per heavy atom. The molecule has 0 aliphatic rings. The van der Waals surface area contributed by atoms with E-state index in [2.05, 4.69) is 278 Å². The van der Waals surface area contributed by atoms with Crippen LogP contribution in [0.25, 0.3) is 44.5 Å². The van der Waals surface area contributed by atoms with E-state index in [9.17, 15) is 0 Å². The highest BCUT2D eigenvalue weighted by Gasteiger charge is 2.41. The summed E-state index contributed by atoms with van der Waals surface area (Å²) in [4.78, 5) is 2.40. The second-order valence-electron chi connectivity index (χ2n) is 15.7. The lowest BCUT2D eigenvalue weighted by atomic mass is 9.96. The first-order valence-corrected chi connectivity index (χ1v) is 23.3. The predicted octanol–water partition coefficient (Wildman–Crippen LogP) is 13.2. The molecule has 10 rings (SSSR count). The fourth-order valence-corrected chi connectivity index (χ4v) is 13.8. The minimum absolute atomic E-state index is 1.09. The molecule has 0 bridgehead atoms. The van der Waals surface area contributed by atoms with Gasteiger partial charge in [0.1, 0.15) is 0 Å². The Balaban J connectivity index is 1.07. The maximum Gasteiger partial charge on any atom is 0.179 e. The van der Waals surface area contributed by atoms with Gasteiger partial charge in [-0.15, -0.1) is 0 Å². The molecule has 10 aromatic carbocycles. The molecule has 62 heavy (non-hydrogen) atoms. The molecule has 0 radical (unpaired) electrons. The Morgan fingerprint density at radius 1 is 0.226 bits per heavy atom. The molecule has 0 saturated heterocycles. The molecule has 0 aliphatic carbocycles. The van der Waals surface area contributed by atoms with Crippen LogP contribution in [0, 0.1) is 0 Å². The lowest BCUT2D eigenvalue weighted by Crippen LogP contribution is -2.74. The van der Waals surface area contributed by atoms with Crippen molar-refractivity contribution in [1.82, 2.24) is 0 Å². The highest BCUT2D eigenvalue weighted by atomic mass is 28.3. The van der Waals surface area contributed by atoms with Crippen molar-refractivity contribution >= 4 is 45.9 Å². The van der Waals surface area contributed by atoms with Crippen LogP contribution < -0.4 is 25.6 Å². The fraction of sp³-hybridized carbons (Fsp3) is 0. The molecule has 0 fully saturated rings. The molecular weight excluding hydrogens is 763 g/mol. The molecule has 0 amide bonds. The van der Waals surface area contributed by atoms with Crippen LogP contribution in [0.1, 0.15) is 0 Å². The van der Waals surface area contributed by atoms with Gasteiger partial charge in [0.25, 0.3) is 0 Å². The lowest BCUT2D eigenvalue weighted by Gasteiger charge is -2.34. The van der Waals surface area contributed by atoms with Crippen LogP contribution in [0.4, 0.5) is 17.1 Å².